The van der Waals surface area contributed by atoms with Crippen LogP contribution in [0.1, 0.15) is 113 Å². The van der Waals surface area contributed by atoms with Gasteiger partial charge in [0, 0.05) is 0 Å². The van der Waals surface area contributed by atoms with Crippen molar-refractivity contribution in [1.29, 1.82) is 0 Å². The van der Waals surface area contributed by atoms with E-state index in [1.807, 2.05) is 0 Å². The molecule has 0 radical (unpaired) electrons. The fraction of sp³-hybridized carbons (Fsp3) is 0.902. The number of aliphatic hydroxyl groups is 5. The third kappa shape index (κ3) is 5.88. The maximum Gasteiger partial charge on any atom is 0.335 e. The molecule has 2 aliphatic heterocycles. The summed E-state index contributed by atoms with van der Waals surface area (Å²) in [6, 6.07) is 0. The van der Waals surface area contributed by atoms with Crippen LogP contribution in [0.2, 0.25) is 0 Å². The Kier molecular flexibility index (Phi) is 10.1. The number of carbonyl (C=O) groups is 2. The first kappa shape index (κ1) is 40.5. The van der Waals surface area contributed by atoms with E-state index in [1.165, 1.54) is 5.57 Å². The van der Waals surface area contributed by atoms with Gasteiger partial charge in [0.15, 0.2) is 18.7 Å². The molecule has 0 aromatic carbocycles. The number of hydrogen-bond acceptors (Lipinski definition) is 11. The highest BCUT2D eigenvalue weighted by molar-refractivity contribution is 5.76. The lowest BCUT2D eigenvalue weighted by atomic mass is 9.33. The molecule has 0 spiro atoms. The predicted octanol–water partition coefficient (Wildman–Crippen LogP) is 3.61. The van der Waals surface area contributed by atoms with Crippen LogP contribution >= 0.6 is 0 Å². The van der Waals surface area contributed by atoms with Crippen LogP contribution in [0.25, 0.3) is 0 Å². The van der Waals surface area contributed by atoms with Crippen LogP contribution in [0, 0.1) is 50.2 Å². The molecule has 2 saturated heterocycles. The van der Waals surface area contributed by atoms with E-state index in [9.17, 15) is 45.3 Å². The van der Waals surface area contributed by atoms with Gasteiger partial charge in [0.25, 0.3) is 0 Å². The summed E-state index contributed by atoms with van der Waals surface area (Å²) in [5.74, 6) is -1.53. The van der Waals surface area contributed by atoms with Crippen molar-refractivity contribution in [3.8, 4) is 0 Å². The third-order valence-electron chi connectivity index (χ3n) is 16.8. The first-order valence-corrected chi connectivity index (χ1v) is 20.2. The Morgan fingerprint density at radius 2 is 1.44 bits per heavy atom. The second kappa shape index (κ2) is 13.4. The summed E-state index contributed by atoms with van der Waals surface area (Å²) < 4.78 is 23.3. The lowest BCUT2D eigenvalue weighted by molar-refractivity contribution is -0.357. The van der Waals surface area contributed by atoms with Crippen molar-refractivity contribution in [3.05, 3.63) is 11.6 Å². The minimum atomic E-state index is -1.86. The van der Waals surface area contributed by atoms with Crippen molar-refractivity contribution < 1.29 is 64.3 Å². The molecule has 0 aromatic rings. The normalized spacial score (nSPS) is 52.4. The van der Waals surface area contributed by atoms with Gasteiger partial charge in [-0.1, -0.05) is 60.1 Å². The molecule has 13 heteroatoms. The zero-order valence-corrected chi connectivity index (χ0v) is 32.9. The van der Waals surface area contributed by atoms with E-state index < -0.39 is 84.2 Å². The molecule has 13 nitrogen and oxygen atoms in total. The molecule has 0 amide bonds. The molecule has 7 N–H and O–H groups in total. The number of hydrogen-bond donors (Lipinski definition) is 7. The van der Waals surface area contributed by atoms with Gasteiger partial charge in [-0.25, -0.2) is 4.79 Å². The van der Waals surface area contributed by atoms with Crippen LogP contribution < -0.4 is 0 Å². The minimum absolute atomic E-state index is 0.0359. The number of allylic oxidation sites excluding steroid dienone is 2. The predicted molar refractivity (Wildman–Crippen MR) is 192 cm³/mol. The molecule has 2 heterocycles. The van der Waals surface area contributed by atoms with Crippen LogP contribution in [0.4, 0.5) is 0 Å². The van der Waals surface area contributed by atoms with Gasteiger partial charge in [-0.05, 0) is 109 Å². The molecule has 54 heavy (non-hydrogen) atoms. The number of aliphatic carboxylic acids is 2. The summed E-state index contributed by atoms with van der Waals surface area (Å²) in [7, 11) is 0. The van der Waals surface area contributed by atoms with Crippen molar-refractivity contribution in [2.75, 3.05) is 6.61 Å². The van der Waals surface area contributed by atoms with Gasteiger partial charge in [-0.2, -0.15) is 0 Å². The lowest BCUT2D eigenvalue weighted by Crippen LogP contribution is -2.66. The largest absolute Gasteiger partial charge is 0.481 e. The number of ether oxygens (including phenoxy) is 4. The van der Waals surface area contributed by atoms with E-state index in [0.717, 1.165) is 51.4 Å². The molecule has 4 saturated carbocycles. The highest BCUT2D eigenvalue weighted by atomic mass is 16.7. The van der Waals surface area contributed by atoms with Crippen LogP contribution in [0.5, 0.6) is 0 Å². The molecule has 5 aliphatic carbocycles. The fourth-order valence-corrected chi connectivity index (χ4v) is 13.4. The number of fused-ring (bicyclic) bond motifs is 7. The van der Waals surface area contributed by atoms with E-state index in [2.05, 4.69) is 54.5 Å². The molecular formula is C41H64O13. The molecule has 17 atom stereocenters. The highest BCUT2D eigenvalue weighted by Crippen LogP contribution is 2.76. The zero-order chi connectivity index (χ0) is 39.6. The van der Waals surface area contributed by atoms with Gasteiger partial charge in [-0.3, -0.25) is 4.79 Å². The number of aliphatic hydroxyl groups excluding tert-OH is 5. The standard InChI is InChI=1S/C41H64O13/c1-36(2)14-16-41(35(49)50)17-15-39(6)20(21(41)18-36)8-9-24-38(5)12-11-25(37(3,4)23(38)10-13-40(24,39)7)52-34-29(46)30(28(45)31(54-34)32(47)48)53-33-27(44)26(43)22(42)19-51-33/h8,21-31,33-34,42-46H,9-19H2,1-7H3,(H,47,48)(H,49,50)/t21-,22+,23?,24+,25-,26-,27+,28-,29+,30-,31-,33+,34+,38-,39+,40+,41-/m0/s1. The number of carboxylic acid groups (broad SMARTS) is 2. The maximum atomic E-state index is 13.0. The smallest absolute Gasteiger partial charge is 0.335 e. The Balaban J connectivity index is 1.13. The summed E-state index contributed by atoms with van der Waals surface area (Å²) >= 11 is 0. The van der Waals surface area contributed by atoms with Gasteiger partial charge in [0.1, 0.15) is 36.6 Å². The average molecular weight is 765 g/mol. The van der Waals surface area contributed by atoms with Crippen LogP contribution in [-0.2, 0) is 28.5 Å². The Hall–Kier alpha value is -1.68. The molecule has 6 fully saturated rings. The Morgan fingerprint density at radius 1 is 0.759 bits per heavy atom. The van der Waals surface area contributed by atoms with Crippen molar-refractivity contribution in [2.24, 2.45) is 50.2 Å². The summed E-state index contributed by atoms with van der Waals surface area (Å²) in [6.07, 6.45) is -4.35. The first-order valence-electron chi connectivity index (χ1n) is 20.2. The Labute approximate surface area is 318 Å². The molecule has 0 bridgehead atoms. The summed E-state index contributed by atoms with van der Waals surface area (Å²) in [5.41, 5.74) is 0.110. The minimum Gasteiger partial charge on any atom is -0.481 e. The highest BCUT2D eigenvalue weighted by Gasteiger charge is 2.69. The van der Waals surface area contributed by atoms with E-state index in [4.69, 9.17) is 18.9 Å². The average Bonchev–Trinajstić information content (AvgIpc) is 3.08. The third-order valence-corrected chi connectivity index (χ3v) is 16.8. The van der Waals surface area contributed by atoms with Gasteiger partial charge in [0.2, 0.25) is 0 Å². The van der Waals surface area contributed by atoms with Gasteiger partial charge >= 0.3 is 11.9 Å². The topological polar surface area (TPSA) is 213 Å². The molecule has 306 valence electrons. The first-order chi connectivity index (χ1) is 25.0. The fourth-order valence-electron chi connectivity index (χ4n) is 13.4. The van der Waals surface area contributed by atoms with Crippen molar-refractivity contribution in [2.45, 2.75) is 174 Å². The monoisotopic (exact) mass is 764 g/mol. The SMILES string of the molecule is CC1(C)CC[C@]2(C(=O)O)CC[C@]3(C)C(=CC[C@@H]4[C@@]5(C)CC[C@H](O[C@@H]6O[C@H](C(=O)O)[C@@H](O)[C@H](O[C@H]7OC[C@@H](O)[C@H](O)[C@H]7O)[C@H]6O)C(C)(C)C5CC[C@]43C)[C@@H]2C1. The molecule has 7 aliphatic rings. The van der Waals surface area contributed by atoms with Crippen molar-refractivity contribution in [3.63, 3.8) is 0 Å². The number of carboxylic acids is 2. The Bertz CT molecular complexity index is 1510. The van der Waals surface area contributed by atoms with E-state index >= 15 is 0 Å². The molecule has 0 aromatic heterocycles. The number of rotatable bonds is 6. The van der Waals surface area contributed by atoms with E-state index in [1.54, 1.807) is 0 Å². The van der Waals surface area contributed by atoms with Crippen LogP contribution in [-0.4, -0.2) is 116 Å². The van der Waals surface area contributed by atoms with E-state index in [0.29, 0.717) is 18.8 Å². The maximum absolute atomic E-state index is 13.0. The molecular weight excluding hydrogens is 700 g/mol. The van der Waals surface area contributed by atoms with Crippen LogP contribution in [0.3, 0.4) is 0 Å². The van der Waals surface area contributed by atoms with Gasteiger partial charge in [0.05, 0.1) is 18.1 Å². The zero-order valence-electron chi connectivity index (χ0n) is 32.9. The summed E-state index contributed by atoms with van der Waals surface area (Å²) in [4.78, 5) is 25.3. The Morgan fingerprint density at radius 3 is 2.11 bits per heavy atom. The summed E-state index contributed by atoms with van der Waals surface area (Å²) in [6.45, 7) is 15.9. The van der Waals surface area contributed by atoms with Gasteiger partial charge < -0.3 is 54.7 Å². The molecule has 7 rings (SSSR count). The quantitative estimate of drug-likeness (QED) is 0.152. The second-order valence-electron chi connectivity index (χ2n) is 20.3. The second-order valence-corrected chi connectivity index (χ2v) is 20.3. The van der Waals surface area contributed by atoms with Crippen LogP contribution in [0.15, 0.2) is 11.6 Å². The lowest BCUT2D eigenvalue weighted by Gasteiger charge is -2.71. The van der Waals surface area contributed by atoms with E-state index in [-0.39, 0.29) is 40.1 Å². The van der Waals surface area contributed by atoms with Crippen molar-refractivity contribution >= 4 is 11.9 Å². The molecule has 1 unspecified atom stereocenters. The van der Waals surface area contributed by atoms with Crippen molar-refractivity contribution in [1.82, 2.24) is 0 Å². The summed E-state index contributed by atoms with van der Waals surface area (Å²) in [5, 5.41) is 73.6. The van der Waals surface area contributed by atoms with Gasteiger partial charge in [-0.15, -0.1) is 0 Å².